The van der Waals surface area contributed by atoms with Gasteiger partial charge in [0.25, 0.3) is 0 Å². The number of aryl methyl sites for hydroxylation is 1. The summed E-state index contributed by atoms with van der Waals surface area (Å²) in [6.45, 7) is 5.68. The van der Waals surface area contributed by atoms with E-state index in [1.54, 1.807) is 0 Å². The molecule has 122 valence electrons. The normalized spacial score (nSPS) is 15.5. The van der Waals surface area contributed by atoms with Crippen molar-refractivity contribution in [3.63, 3.8) is 0 Å². The van der Waals surface area contributed by atoms with Crippen LogP contribution in [0, 0.1) is 0 Å². The van der Waals surface area contributed by atoms with E-state index in [9.17, 15) is 0 Å². The van der Waals surface area contributed by atoms with E-state index in [0.717, 1.165) is 45.0 Å². The topological polar surface area (TPSA) is 21.7 Å². The van der Waals surface area contributed by atoms with Crippen molar-refractivity contribution in [2.24, 2.45) is 0 Å². The van der Waals surface area contributed by atoms with E-state index in [2.05, 4.69) is 29.2 Å². The Hall–Kier alpha value is -1.84. The highest BCUT2D eigenvalue weighted by atomic mass is 16.5. The summed E-state index contributed by atoms with van der Waals surface area (Å²) in [6.07, 6.45) is 2.29. The molecule has 0 saturated carbocycles. The van der Waals surface area contributed by atoms with E-state index in [1.165, 1.54) is 17.5 Å². The number of morpholine rings is 1. The number of rotatable bonds is 7. The molecule has 0 radical (unpaired) electrons. The van der Waals surface area contributed by atoms with Crippen molar-refractivity contribution >= 4 is 0 Å². The molecule has 1 aliphatic heterocycles. The number of ether oxygens (including phenoxy) is 2. The van der Waals surface area contributed by atoms with Gasteiger partial charge < -0.3 is 9.47 Å². The number of hydrogen-bond donors (Lipinski definition) is 0. The van der Waals surface area contributed by atoms with E-state index < -0.39 is 0 Å². The summed E-state index contributed by atoms with van der Waals surface area (Å²) in [7, 11) is 0. The maximum Gasteiger partial charge on any atom is 0.119 e. The second-order valence-corrected chi connectivity index (χ2v) is 5.93. The van der Waals surface area contributed by atoms with Gasteiger partial charge in [0.05, 0.1) is 13.2 Å². The molecule has 1 heterocycles. The van der Waals surface area contributed by atoms with Crippen molar-refractivity contribution < 1.29 is 9.47 Å². The molecule has 23 heavy (non-hydrogen) atoms. The Morgan fingerprint density at radius 3 is 2.35 bits per heavy atom. The van der Waals surface area contributed by atoms with E-state index >= 15 is 0 Å². The first-order valence-corrected chi connectivity index (χ1v) is 8.46. The molecule has 3 nitrogen and oxygen atoms in total. The van der Waals surface area contributed by atoms with E-state index in [0.29, 0.717) is 6.61 Å². The Balaban J connectivity index is 1.50. The van der Waals surface area contributed by atoms with Crippen molar-refractivity contribution in [2.45, 2.75) is 19.4 Å². The van der Waals surface area contributed by atoms with Crippen LogP contribution in [-0.2, 0) is 17.8 Å². The lowest BCUT2D eigenvalue weighted by atomic mass is 10.0. The monoisotopic (exact) mass is 311 g/mol. The van der Waals surface area contributed by atoms with Crippen LogP contribution < -0.4 is 4.74 Å². The quantitative estimate of drug-likeness (QED) is 0.781. The van der Waals surface area contributed by atoms with Crippen LogP contribution in [0.25, 0.3) is 0 Å². The predicted molar refractivity (Wildman–Crippen MR) is 92.8 cm³/mol. The van der Waals surface area contributed by atoms with E-state index in [-0.39, 0.29) is 0 Å². The first-order valence-electron chi connectivity index (χ1n) is 8.46. The van der Waals surface area contributed by atoms with Gasteiger partial charge in [-0.1, -0.05) is 42.5 Å². The molecule has 1 fully saturated rings. The lowest BCUT2D eigenvalue weighted by molar-refractivity contribution is 0.0374. The van der Waals surface area contributed by atoms with Gasteiger partial charge in [0.2, 0.25) is 0 Å². The Labute approximate surface area is 138 Å². The zero-order valence-corrected chi connectivity index (χ0v) is 13.6. The zero-order chi connectivity index (χ0) is 15.7. The van der Waals surface area contributed by atoms with Crippen LogP contribution in [-0.4, -0.2) is 37.7 Å². The number of benzene rings is 2. The van der Waals surface area contributed by atoms with Crippen molar-refractivity contribution in [3.8, 4) is 5.75 Å². The summed E-state index contributed by atoms with van der Waals surface area (Å²) >= 11 is 0. The molecule has 0 bridgehead atoms. The maximum atomic E-state index is 5.90. The third kappa shape index (κ3) is 5.08. The Morgan fingerprint density at radius 2 is 1.57 bits per heavy atom. The van der Waals surface area contributed by atoms with Crippen molar-refractivity contribution in [1.29, 1.82) is 0 Å². The first kappa shape index (κ1) is 16.0. The fraction of sp³-hybridized carbons (Fsp3) is 0.400. The van der Waals surface area contributed by atoms with Gasteiger partial charge >= 0.3 is 0 Å². The fourth-order valence-corrected chi connectivity index (χ4v) is 2.94. The summed E-state index contributed by atoms with van der Waals surface area (Å²) in [4.78, 5) is 2.49. The Bertz CT molecular complexity index is 579. The minimum Gasteiger partial charge on any atom is -0.489 e. The molecule has 2 aromatic rings. The second-order valence-electron chi connectivity index (χ2n) is 5.93. The predicted octanol–water partition coefficient (Wildman–Crippen LogP) is 3.53. The lowest BCUT2D eigenvalue weighted by Crippen LogP contribution is -2.36. The standard InChI is InChI=1S/C20H25NO2/c1-2-10-20(11-3-1)23-17-19-8-5-4-7-18(19)9-6-12-21-13-15-22-16-14-21/h1-5,7-8,10-11H,6,9,12-17H2. The van der Waals surface area contributed by atoms with Crippen LogP contribution in [0.1, 0.15) is 17.5 Å². The van der Waals surface area contributed by atoms with Gasteiger partial charge in [-0.25, -0.2) is 0 Å². The summed E-state index contributed by atoms with van der Waals surface area (Å²) in [5.74, 6) is 0.926. The molecular formula is C20H25NO2. The Morgan fingerprint density at radius 1 is 0.870 bits per heavy atom. The molecule has 0 aliphatic carbocycles. The van der Waals surface area contributed by atoms with Gasteiger partial charge in [0, 0.05) is 13.1 Å². The molecular weight excluding hydrogens is 286 g/mol. The number of para-hydroxylation sites is 1. The SMILES string of the molecule is c1ccc(OCc2ccccc2CCCN2CCOCC2)cc1. The zero-order valence-electron chi connectivity index (χ0n) is 13.6. The summed E-state index contributed by atoms with van der Waals surface area (Å²) in [5, 5.41) is 0. The second kappa shape index (κ2) is 8.70. The highest BCUT2D eigenvalue weighted by molar-refractivity contribution is 5.28. The van der Waals surface area contributed by atoms with Crippen LogP contribution in [0.5, 0.6) is 5.75 Å². The molecule has 0 N–H and O–H groups in total. The highest BCUT2D eigenvalue weighted by Crippen LogP contribution is 2.16. The molecule has 0 unspecified atom stereocenters. The lowest BCUT2D eigenvalue weighted by Gasteiger charge is -2.26. The first-order chi connectivity index (χ1) is 11.4. The number of nitrogens with zero attached hydrogens (tertiary/aromatic N) is 1. The highest BCUT2D eigenvalue weighted by Gasteiger charge is 2.10. The molecule has 1 saturated heterocycles. The largest absolute Gasteiger partial charge is 0.489 e. The summed E-state index contributed by atoms with van der Waals surface area (Å²) < 4.78 is 11.3. The minimum absolute atomic E-state index is 0.637. The van der Waals surface area contributed by atoms with Gasteiger partial charge in [0.15, 0.2) is 0 Å². The van der Waals surface area contributed by atoms with Gasteiger partial charge in [-0.2, -0.15) is 0 Å². The van der Waals surface area contributed by atoms with Crippen molar-refractivity contribution in [2.75, 3.05) is 32.8 Å². The average molecular weight is 311 g/mol. The van der Waals surface area contributed by atoms with Gasteiger partial charge in [-0.15, -0.1) is 0 Å². The van der Waals surface area contributed by atoms with Gasteiger partial charge in [-0.3, -0.25) is 4.90 Å². The van der Waals surface area contributed by atoms with Crippen LogP contribution in [0.3, 0.4) is 0 Å². The fourth-order valence-electron chi connectivity index (χ4n) is 2.94. The third-order valence-electron chi connectivity index (χ3n) is 4.28. The molecule has 3 rings (SSSR count). The number of hydrogen-bond acceptors (Lipinski definition) is 3. The molecule has 0 spiro atoms. The van der Waals surface area contributed by atoms with E-state index in [4.69, 9.17) is 9.47 Å². The average Bonchev–Trinajstić information content (AvgIpc) is 2.63. The van der Waals surface area contributed by atoms with Crippen molar-refractivity contribution in [1.82, 2.24) is 4.90 Å². The van der Waals surface area contributed by atoms with Crippen LogP contribution in [0.15, 0.2) is 54.6 Å². The third-order valence-corrected chi connectivity index (χ3v) is 4.28. The van der Waals surface area contributed by atoms with Crippen LogP contribution in [0.2, 0.25) is 0 Å². The van der Waals surface area contributed by atoms with Crippen molar-refractivity contribution in [3.05, 3.63) is 65.7 Å². The molecule has 0 aromatic heterocycles. The van der Waals surface area contributed by atoms with Crippen LogP contribution >= 0.6 is 0 Å². The smallest absolute Gasteiger partial charge is 0.119 e. The maximum absolute atomic E-state index is 5.90. The summed E-state index contributed by atoms with van der Waals surface area (Å²) in [6, 6.07) is 18.6. The molecule has 3 heteroatoms. The molecule has 2 aromatic carbocycles. The molecule has 0 atom stereocenters. The Kier molecular flexibility index (Phi) is 6.07. The van der Waals surface area contributed by atoms with Crippen LogP contribution in [0.4, 0.5) is 0 Å². The molecule has 1 aliphatic rings. The summed E-state index contributed by atoms with van der Waals surface area (Å²) in [5.41, 5.74) is 2.69. The van der Waals surface area contributed by atoms with Gasteiger partial charge in [-0.05, 0) is 42.6 Å². The molecule has 0 amide bonds. The van der Waals surface area contributed by atoms with Gasteiger partial charge in [0.1, 0.15) is 12.4 Å². The van der Waals surface area contributed by atoms with E-state index in [1.807, 2.05) is 30.3 Å². The minimum atomic E-state index is 0.637.